The zero-order valence-electron chi connectivity index (χ0n) is 24.2. The summed E-state index contributed by atoms with van der Waals surface area (Å²) in [5.41, 5.74) is 3.23. The van der Waals surface area contributed by atoms with Gasteiger partial charge in [0.25, 0.3) is 0 Å². The van der Waals surface area contributed by atoms with Crippen molar-refractivity contribution in [2.75, 3.05) is 17.1 Å². The summed E-state index contributed by atoms with van der Waals surface area (Å²) < 4.78 is 39.6. The lowest BCUT2D eigenvalue weighted by Gasteiger charge is -2.32. The van der Waals surface area contributed by atoms with Gasteiger partial charge in [-0.1, -0.05) is 67.1 Å². The SMILES string of the molecule is CC[C@@H](C)NC(=O)[C@@H](Cc1ccccc1)N(Cc1ccc(C)cc1)C(=O)CCCN(c1ccc(F)cc1)S(C)(=O)=O. The fraction of sp³-hybridized carbons (Fsp3) is 0.375. The van der Waals surface area contributed by atoms with Gasteiger partial charge in [-0.05, 0) is 62.1 Å². The highest BCUT2D eigenvalue weighted by Crippen LogP contribution is 2.21. The van der Waals surface area contributed by atoms with Crippen molar-refractivity contribution in [3.05, 3.63) is 101 Å². The fourth-order valence-corrected chi connectivity index (χ4v) is 5.46. The minimum atomic E-state index is -3.67. The summed E-state index contributed by atoms with van der Waals surface area (Å²) in [5.74, 6) is -0.949. The third-order valence-corrected chi connectivity index (χ3v) is 8.21. The second-order valence-electron chi connectivity index (χ2n) is 10.4. The van der Waals surface area contributed by atoms with E-state index in [1.165, 1.54) is 28.6 Å². The number of aryl methyl sites for hydroxylation is 1. The number of nitrogens with one attached hydrogen (secondary N) is 1. The number of amides is 2. The molecule has 0 saturated heterocycles. The fourth-order valence-electron chi connectivity index (χ4n) is 4.50. The Balaban J connectivity index is 1.88. The Hall–Kier alpha value is -3.72. The van der Waals surface area contributed by atoms with Crippen molar-refractivity contribution in [2.45, 2.75) is 65.1 Å². The van der Waals surface area contributed by atoms with Crippen LogP contribution in [-0.4, -0.2) is 50.0 Å². The Morgan fingerprint density at radius 2 is 1.56 bits per heavy atom. The molecule has 0 fully saturated rings. The summed E-state index contributed by atoms with van der Waals surface area (Å²) in [6, 6.07) is 21.8. The molecule has 3 aromatic carbocycles. The predicted molar refractivity (Wildman–Crippen MR) is 161 cm³/mol. The molecule has 0 spiro atoms. The van der Waals surface area contributed by atoms with E-state index in [1.807, 2.05) is 75.4 Å². The van der Waals surface area contributed by atoms with E-state index >= 15 is 0 Å². The Morgan fingerprint density at radius 3 is 2.15 bits per heavy atom. The van der Waals surface area contributed by atoms with Crippen LogP contribution >= 0.6 is 0 Å². The number of hydrogen-bond acceptors (Lipinski definition) is 4. The second-order valence-corrected chi connectivity index (χ2v) is 12.4. The standard InChI is InChI=1S/C32H40FN3O4S/c1-5-25(3)34-32(38)30(22-26-10-7-6-8-11-26)35(23-27-15-13-24(2)14-16-27)31(37)12-9-21-36(41(4,39)40)29-19-17-28(33)18-20-29/h6-8,10-11,13-20,25,30H,5,9,12,21-23H2,1-4H3,(H,34,38)/t25-,30-/m1/s1. The van der Waals surface area contributed by atoms with Crippen molar-refractivity contribution < 1.29 is 22.4 Å². The average Bonchev–Trinajstić information content (AvgIpc) is 2.94. The number of nitrogens with zero attached hydrogens (tertiary/aromatic N) is 2. The molecule has 0 unspecified atom stereocenters. The molecule has 7 nitrogen and oxygen atoms in total. The van der Waals surface area contributed by atoms with E-state index in [-0.39, 0.29) is 43.8 Å². The van der Waals surface area contributed by atoms with Gasteiger partial charge in [0.15, 0.2) is 0 Å². The van der Waals surface area contributed by atoms with Gasteiger partial charge in [-0.2, -0.15) is 0 Å². The molecule has 0 aliphatic rings. The third-order valence-electron chi connectivity index (χ3n) is 7.01. The van der Waals surface area contributed by atoms with Gasteiger partial charge in [0, 0.05) is 32.0 Å². The van der Waals surface area contributed by atoms with E-state index < -0.39 is 21.9 Å². The summed E-state index contributed by atoms with van der Waals surface area (Å²) in [5, 5.41) is 3.05. The highest BCUT2D eigenvalue weighted by molar-refractivity contribution is 7.92. The summed E-state index contributed by atoms with van der Waals surface area (Å²) in [7, 11) is -3.67. The number of benzene rings is 3. The Bertz CT molecular complexity index is 1380. The molecule has 2 atom stereocenters. The molecule has 0 aliphatic heterocycles. The quantitative estimate of drug-likeness (QED) is 0.282. The Kier molecular flexibility index (Phi) is 11.5. The van der Waals surface area contributed by atoms with E-state index in [2.05, 4.69) is 5.32 Å². The van der Waals surface area contributed by atoms with Crippen molar-refractivity contribution >= 4 is 27.5 Å². The number of sulfonamides is 1. The molecular formula is C32H40FN3O4S. The predicted octanol–water partition coefficient (Wildman–Crippen LogP) is 5.24. The maximum absolute atomic E-state index is 13.8. The first-order chi connectivity index (χ1) is 19.5. The third kappa shape index (κ3) is 9.70. The van der Waals surface area contributed by atoms with E-state index in [9.17, 15) is 22.4 Å². The highest BCUT2D eigenvalue weighted by atomic mass is 32.2. The van der Waals surface area contributed by atoms with Crippen molar-refractivity contribution in [1.29, 1.82) is 0 Å². The minimum Gasteiger partial charge on any atom is -0.352 e. The van der Waals surface area contributed by atoms with Gasteiger partial charge >= 0.3 is 0 Å². The van der Waals surface area contributed by atoms with Crippen LogP contribution in [0.15, 0.2) is 78.9 Å². The van der Waals surface area contributed by atoms with E-state index in [0.29, 0.717) is 12.1 Å². The van der Waals surface area contributed by atoms with Gasteiger partial charge in [0.05, 0.1) is 11.9 Å². The zero-order valence-corrected chi connectivity index (χ0v) is 25.0. The van der Waals surface area contributed by atoms with E-state index in [1.54, 1.807) is 4.90 Å². The summed E-state index contributed by atoms with van der Waals surface area (Å²) in [6.45, 7) is 6.17. The summed E-state index contributed by atoms with van der Waals surface area (Å²) in [6.07, 6.45) is 2.42. The molecular weight excluding hydrogens is 541 g/mol. The van der Waals surface area contributed by atoms with E-state index in [4.69, 9.17) is 0 Å². The van der Waals surface area contributed by atoms with E-state index in [0.717, 1.165) is 29.4 Å². The molecule has 9 heteroatoms. The van der Waals surface area contributed by atoms with Crippen LogP contribution in [0, 0.1) is 12.7 Å². The smallest absolute Gasteiger partial charge is 0.243 e. The lowest BCUT2D eigenvalue weighted by Crippen LogP contribution is -2.52. The highest BCUT2D eigenvalue weighted by Gasteiger charge is 2.31. The molecule has 0 saturated carbocycles. The van der Waals surface area contributed by atoms with Gasteiger partial charge in [-0.25, -0.2) is 12.8 Å². The Labute approximate surface area is 243 Å². The van der Waals surface area contributed by atoms with Crippen LogP contribution in [0.1, 0.15) is 49.8 Å². The minimum absolute atomic E-state index is 0.0287. The normalized spacial score (nSPS) is 12.8. The van der Waals surface area contributed by atoms with Crippen molar-refractivity contribution in [3.63, 3.8) is 0 Å². The maximum atomic E-state index is 13.8. The van der Waals surface area contributed by atoms with Crippen LogP contribution < -0.4 is 9.62 Å². The lowest BCUT2D eigenvalue weighted by atomic mass is 10.0. The van der Waals surface area contributed by atoms with Gasteiger partial charge < -0.3 is 10.2 Å². The van der Waals surface area contributed by atoms with Crippen LogP contribution in [-0.2, 0) is 32.6 Å². The van der Waals surface area contributed by atoms with Crippen LogP contribution in [0.3, 0.4) is 0 Å². The number of rotatable bonds is 14. The largest absolute Gasteiger partial charge is 0.352 e. The van der Waals surface area contributed by atoms with Gasteiger partial charge in [0.2, 0.25) is 21.8 Å². The van der Waals surface area contributed by atoms with Crippen molar-refractivity contribution in [1.82, 2.24) is 10.2 Å². The van der Waals surface area contributed by atoms with Crippen LogP contribution in [0.25, 0.3) is 0 Å². The van der Waals surface area contributed by atoms with Gasteiger partial charge in [0.1, 0.15) is 11.9 Å². The number of halogens is 1. The summed E-state index contributed by atoms with van der Waals surface area (Å²) in [4.78, 5) is 29.1. The first-order valence-electron chi connectivity index (χ1n) is 13.9. The lowest BCUT2D eigenvalue weighted by molar-refractivity contribution is -0.141. The Morgan fingerprint density at radius 1 is 0.927 bits per heavy atom. The number of carbonyl (C=O) groups is 2. The molecule has 0 aromatic heterocycles. The first kappa shape index (κ1) is 31.8. The molecule has 0 aliphatic carbocycles. The maximum Gasteiger partial charge on any atom is 0.243 e. The first-order valence-corrected chi connectivity index (χ1v) is 15.7. The molecule has 2 amide bonds. The molecule has 220 valence electrons. The molecule has 0 heterocycles. The van der Waals surface area contributed by atoms with Gasteiger partial charge in [-0.15, -0.1) is 0 Å². The number of anilines is 1. The molecule has 3 aromatic rings. The molecule has 0 radical (unpaired) electrons. The molecule has 3 rings (SSSR count). The van der Waals surface area contributed by atoms with Crippen LogP contribution in [0.2, 0.25) is 0 Å². The molecule has 41 heavy (non-hydrogen) atoms. The zero-order chi connectivity index (χ0) is 30.0. The van der Waals surface area contributed by atoms with Crippen molar-refractivity contribution in [2.24, 2.45) is 0 Å². The second kappa shape index (κ2) is 14.8. The topological polar surface area (TPSA) is 86.8 Å². The van der Waals surface area contributed by atoms with Gasteiger partial charge in [-0.3, -0.25) is 13.9 Å². The molecule has 0 bridgehead atoms. The number of hydrogen-bond donors (Lipinski definition) is 1. The average molecular weight is 582 g/mol. The van der Waals surface area contributed by atoms with Crippen LogP contribution in [0.5, 0.6) is 0 Å². The number of carbonyl (C=O) groups excluding carboxylic acids is 2. The molecule has 1 N–H and O–H groups in total. The van der Waals surface area contributed by atoms with Crippen molar-refractivity contribution in [3.8, 4) is 0 Å². The summed E-state index contributed by atoms with van der Waals surface area (Å²) >= 11 is 0. The monoisotopic (exact) mass is 581 g/mol. The van der Waals surface area contributed by atoms with Crippen LogP contribution in [0.4, 0.5) is 10.1 Å².